The fourth-order valence-electron chi connectivity index (χ4n) is 2.78. The quantitative estimate of drug-likeness (QED) is 0.816. The summed E-state index contributed by atoms with van der Waals surface area (Å²) in [5, 5.41) is 3.57. The van der Waals surface area contributed by atoms with Gasteiger partial charge in [0.15, 0.2) is 0 Å². The van der Waals surface area contributed by atoms with Crippen molar-refractivity contribution < 1.29 is 0 Å². The highest BCUT2D eigenvalue weighted by Crippen LogP contribution is 2.31. The Labute approximate surface area is 117 Å². The third-order valence-corrected chi connectivity index (χ3v) is 4.23. The van der Waals surface area contributed by atoms with Gasteiger partial charge in [-0.25, -0.2) is 0 Å². The van der Waals surface area contributed by atoms with E-state index in [-0.39, 0.29) is 0 Å². The molecule has 2 rings (SSSR count). The van der Waals surface area contributed by atoms with Crippen LogP contribution in [0, 0.1) is 5.92 Å². The lowest BCUT2D eigenvalue weighted by Gasteiger charge is -2.43. The molecule has 2 atom stereocenters. The smallest absolute Gasteiger partial charge is 0.0270 e. The van der Waals surface area contributed by atoms with Gasteiger partial charge in [-0.15, -0.1) is 0 Å². The van der Waals surface area contributed by atoms with Crippen molar-refractivity contribution in [2.45, 2.75) is 45.2 Å². The summed E-state index contributed by atoms with van der Waals surface area (Å²) in [5.74, 6) is 0.838. The molecule has 1 aromatic heterocycles. The molecule has 1 aliphatic rings. The first-order valence-corrected chi connectivity index (χ1v) is 7.49. The van der Waals surface area contributed by atoms with Gasteiger partial charge in [0.2, 0.25) is 0 Å². The first-order valence-electron chi connectivity index (χ1n) is 7.49. The number of aromatic nitrogens is 1. The maximum Gasteiger partial charge on any atom is 0.0270 e. The van der Waals surface area contributed by atoms with E-state index in [1.165, 1.54) is 24.9 Å². The molecule has 0 saturated heterocycles. The molecule has 3 nitrogen and oxygen atoms in total. The molecule has 1 fully saturated rings. The third kappa shape index (κ3) is 4.29. The molecule has 1 aromatic rings. The molecule has 1 saturated carbocycles. The number of likely N-dealkylation sites (N-methyl/N-ethyl adjacent to an activating group) is 1. The Kier molecular flexibility index (Phi) is 5.34. The minimum Gasteiger partial charge on any atom is -0.314 e. The Hall–Kier alpha value is -0.930. The number of hydrogen-bond donors (Lipinski definition) is 1. The average molecular weight is 261 g/mol. The van der Waals surface area contributed by atoms with Crippen LogP contribution in [0.4, 0.5) is 0 Å². The lowest BCUT2D eigenvalue weighted by atomic mass is 9.78. The van der Waals surface area contributed by atoms with E-state index in [0.29, 0.717) is 6.04 Å². The van der Waals surface area contributed by atoms with Gasteiger partial charge in [-0.1, -0.05) is 13.8 Å². The summed E-state index contributed by atoms with van der Waals surface area (Å²) in [7, 11) is 2.27. The monoisotopic (exact) mass is 261 g/mol. The largest absolute Gasteiger partial charge is 0.314 e. The summed E-state index contributed by atoms with van der Waals surface area (Å²) in [6.07, 6.45) is 7.63. The molecular formula is C16H27N3. The molecule has 0 aromatic carbocycles. The Bertz CT molecular complexity index is 364. The predicted octanol–water partition coefficient (Wildman–Crippen LogP) is 2.33. The molecule has 2 unspecified atom stereocenters. The molecule has 0 radical (unpaired) electrons. The Morgan fingerprint density at radius 2 is 2.05 bits per heavy atom. The topological polar surface area (TPSA) is 28.2 Å². The SMILES string of the molecule is CC(C)NCC1CCC1N(C)CCc1ccncc1. The number of nitrogens with zero attached hydrogens (tertiary/aromatic N) is 2. The average Bonchev–Trinajstić information content (AvgIpc) is 2.36. The van der Waals surface area contributed by atoms with Crippen LogP contribution in [0.2, 0.25) is 0 Å². The van der Waals surface area contributed by atoms with Crippen LogP contribution in [-0.4, -0.2) is 42.1 Å². The van der Waals surface area contributed by atoms with Gasteiger partial charge in [0, 0.05) is 31.0 Å². The number of hydrogen-bond acceptors (Lipinski definition) is 3. The summed E-state index contributed by atoms with van der Waals surface area (Å²) in [5.41, 5.74) is 1.39. The summed E-state index contributed by atoms with van der Waals surface area (Å²) in [4.78, 5) is 6.60. The van der Waals surface area contributed by atoms with E-state index in [1.807, 2.05) is 12.4 Å². The lowest BCUT2D eigenvalue weighted by molar-refractivity contribution is 0.0834. The van der Waals surface area contributed by atoms with Crippen LogP contribution < -0.4 is 5.32 Å². The second-order valence-corrected chi connectivity index (χ2v) is 6.05. The number of nitrogens with one attached hydrogen (secondary N) is 1. The van der Waals surface area contributed by atoms with Crippen molar-refractivity contribution in [1.29, 1.82) is 0 Å². The molecule has 1 aliphatic carbocycles. The van der Waals surface area contributed by atoms with Crippen molar-refractivity contribution in [3.63, 3.8) is 0 Å². The second kappa shape index (κ2) is 7.01. The van der Waals surface area contributed by atoms with E-state index in [9.17, 15) is 0 Å². The highest BCUT2D eigenvalue weighted by Gasteiger charge is 2.33. The Morgan fingerprint density at radius 3 is 2.63 bits per heavy atom. The van der Waals surface area contributed by atoms with E-state index >= 15 is 0 Å². The molecule has 106 valence electrons. The summed E-state index contributed by atoms with van der Waals surface area (Å²) >= 11 is 0. The van der Waals surface area contributed by atoms with Crippen LogP contribution in [-0.2, 0) is 6.42 Å². The molecular weight excluding hydrogens is 234 g/mol. The standard InChI is InChI=1S/C16H27N3/c1-13(2)18-12-15-4-5-16(15)19(3)11-8-14-6-9-17-10-7-14/h6-7,9-10,13,15-16,18H,4-5,8,11-12H2,1-3H3. The van der Waals surface area contributed by atoms with Gasteiger partial charge in [0.05, 0.1) is 0 Å². The van der Waals surface area contributed by atoms with E-state index in [0.717, 1.165) is 24.9 Å². The fraction of sp³-hybridized carbons (Fsp3) is 0.688. The van der Waals surface area contributed by atoms with Gasteiger partial charge in [-0.05, 0) is 56.5 Å². The van der Waals surface area contributed by atoms with E-state index in [1.54, 1.807) is 0 Å². The predicted molar refractivity (Wildman–Crippen MR) is 80.2 cm³/mol. The molecule has 0 aliphatic heterocycles. The first-order chi connectivity index (χ1) is 9.16. The van der Waals surface area contributed by atoms with Crippen molar-refractivity contribution >= 4 is 0 Å². The molecule has 0 bridgehead atoms. The van der Waals surface area contributed by atoms with Crippen LogP contribution in [0.3, 0.4) is 0 Å². The minimum atomic E-state index is 0.600. The summed E-state index contributed by atoms with van der Waals surface area (Å²) < 4.78 is 0. The second-order valence-electron chi connectivity index (χ2n) is 6.05. The first kappa shape index (κ1) is 14.5. The van der Waals surface area contributed by atoms with Gasteiger partial charge in [0.25, 0.3) is 0 Å². The molecule has 1 heterocycles. The normalized spacial score (nSPS) is 22.8. The van der Waals surface area contributed by atoms with Gasteiger partial charge in [-0.2, -0.15) is 0 Å². The van der Waals surface area contributed by atoms with E-state index in [2.05, 4.69) is 48.2 Å². The summed E-state index contributed by atoms with van der Waals surface area (Å²) in [6, 6.07) is 5.61. The maximum atomic E-state index is 4.07. The molecule has 1 N–H and O–H groups in total. The fourth-order valence-corrected chi connectivity index (χ4v) is 2.78. The minimum absolute atomic E-state index is 0.600. The highest BCUT2D eigenvalue weighted by atomic mass is 15.1. The van der Waals surface area contributed by atoms with Crippen LogP contribution >= 0.6 is 0 Å². The lowest BCUT2D eigenvalue weighted by Crippen LogP contribution is -2.50. The highest BCUT2D eigenvalue weighted by molar-refractivity contribution is 5.10. The van der Waals surface area contributed by atoms with Gasteiger partial charge in [-0.3, -0.25) is 4.98 Å². The summed E-state index contributed by atoms with van der Waals surface area (Å²) in [6.45, 7) is 6.76. The maximum absolute atomic E-state index is 4.07. The van der Waals surface area contributed by atoms with Gasteiger partial charge in [0.1, 0.15) is 0 Å². The zero-order valence-corrected chi connectivity index (χ0v) is 12.5. The Balaban J connectivity index is 1.72. The zero-order valence-electron chi connectivity index (χ0n) is 12.5. The molecule has 3 heteroatoms. The van der Waals surface area contributed by atoms with Gasteiger partial charge < -0.3 is 10.2 Å². The van der Waals surface area contributed by atoms with Crippen LogP contribution in [0.1, 0.15) is 32.3 Å². The van der Waals surface area contributed by atoms with Gasteiger partial charge >= 0.3 is 0 Å². The van der Waals surface area contributed by atoms with Crippen molar-refractivity contribution in [3.05, 3.63) is 30.1 Å². The van der Waals surface area contributed by atoms with Crippen LogP contribution in [0.5, 0.6) is 0 Å². The van der Waals surface area contributed by atoms with Crippen molar-refractivity contribution in [2.75, 3.05) is 20.1 Å². The third-order valence-electron chi connectivity index (χ3n) is 4.23. The molecule has 19 heavy (non-hydrogen) atoms. The molecule has 0 amide bonds. The van der Waals surface area contributed by atoms with Crippen LogP contribution in [0.15, 0.2) is 24.5 Å². The zero-order chi connectivity index (χ0) is 13.7. The van der Waals surface area contributed by atoms with E-state index in [4.69, 9.17) is 0 Å². The number of pyridine rings is 1. The van der Waals surface area contributed by atoms with Crippen molar-refractivity contribution in [2.24, 2.45) is 5.92 Å². The van der Waals surface area contributed by atoms with Crippen molar-refractivity contribution in [1.82, 2.24) is 15.2 Å². The van der Waals surface area contributed by atoms with E-state index < -0.39 is 0 Å². The number of rotatable bonds is 7. The molecule has 0 spiro atoms. The van der Waals surface area contributed by atoms with Crippen LogP contribution in [0.25, 0.3) is 0 Å². The Morgan fingerprint density at radius 1 is 1.32 bits per heavy atom. The van der Waals surface area contributed by atoms with Crippen molar-refractivity contribution in [3.8, 4) is 0 Å².